The molecule has 0 aliphatic rings. The van der Waals surface area contributed by atoms with Crippen molar-refractivity contribution in [3.8, 4) is 0 Å². The van der Waals surface area contributed by atoms with E-state index in [1.165, 1.54) is 0 Å². The molecule has 0 spiro atoms. The summed E-state index contributed by atoms with van der Waals surface area (Å²) >= 11 is 0. The molecule has 1 radical (unpaired) electrons. The minimum atomic E-state index is 0.631. The number of aromatic nitrogens is 1. The van der Waals surface area contributed by atoms with Crippen LogP contribution in [0.15, 0.2) is 30.3 Å². The molecule has 2 heteroatoms. The van der Waals surface area contributed by atoms with Crippen molar-refractivity contribution in [3.63, 3.8) is 0 Å². The Balaban J connectivity index is 2.23. The lowest BCUT2D eigenvalue weighted by Gasteiger charge is -2.08. The molecule has 1 heterocycles. The molecule has 1 aromatic heterocycles. The van der Waals surface area contributed by atoms with Crippen LogP contribution in [0, 0.1) is 12.0 Å². The predicted molar refractivity (Wildman–Crippen MR) is 63.9 cm³/mol. The van der Waals surface area contributed by atoms with E-state index in [-0.39, 0.29) is 0 Å². The third-order valence-corrected chi connectivity index (χ3v) is 2.23. The van der Waals surface area contributed by atoms with Crippen molar-refractivity contribution < 1.29 is 0 Å². The molecule has 2 aromatic rings. The van der Waals surface area contributed by atoms with Crippen LogP contribution < -0.4 is 5.32 Å². The number of nitrogens with zero attached hydrogens (tertiary/aromatic N) is 1. The molecular formula is C13H15N2. The molecule has 0 aliphatic carbocycles. The summed E-state index contributed by atoms with van der Waals surface area (Å²) in [7, 11) is 0. The average Bonchev–Trinajstić information content (AvgIpc) is 2.26. The Morgan fingerprint density at radius 1 is 1.33 bits per heavy atom. The van der Waals surface area contributed by atoms with Crippen LogP contribution in [0.1, 0.15) is 13.8 Å². The Morgan fingerprint density at radius 3 is 3.00 bits per heavy atom. The molecule has 0 saturated heterocycles. The van der Waals surface area contributed by atoms with E-state index in [0.29, 0.717) is 5.92 Å². The van der Waals surface area contributed by atoms with E-state index in [1.807, 2.05) is 24.3 Å². The molecule has 0 atom stereocenters. The fourth-order valence-electron chi connectivity index (χ4n) is 1.41. The maximum absolute atomic E-state index is 4.52. The molecule has 2 rings (SSSR count). The standard InChI is InChI=1S/C13H15N2/c1-10(2)9-14-13-8-7-11-5-3-4-6-12(11)15-13/h4-8,10H,9H2,1-2H3,(H,14,15). The summed E-state index contributed by atoms with van der Waals surface area (Å²) in [5.74, 6) is 1.58. The van der Waals surface area contributed by atoms with Crippen LogP contribution in [0.4, 0.5) is 5.82 Å². The molecular weight excluding hydrogens is 184 g/mol. The molecule has 2 nitrogen and oxygen atoms in total. The van der Waals surface area contributed by atoms with Crippen LogP contribution in [-0.2, 0) is 0 Å². The summed E-state index contributed by atoms with van der Waals surface area (Å²) in [6, 6.07) is 13.0. The third kappa shape index (κ3) is 2.46. The SMILES string of the molecule is CC(C)CNc1ccc2c[c]ccc2n1. The highest BCUT2D eigenvalue weighted by molar-refractivity contribution is 5.79. The zero-order chi connectivity index (χ0) is 10.7. The lowest BCUT2D eigenvalue weighted by molar-refractivity contribution is 0.687. The van der Waals surface area contributed by atoms with Crippen LogP contribution in [-0.4, -0.2) is 11.5 Å². The van der Waals surface area contributed by atoms with Gasteiger partial charge in [-0.2, -0.15) is 0 Å². The van der Waals surface area contributed by atoms with Gasteiger partial charge >= 0.3 is 0 Å². The molecule has 0 unspecified atom stereocenters. The number of anilines is 1. The van der Waals surface area contributed by atoms with Crippen LogP contribution in [0.3, 0.4) is 0 Å². The molecule has 0 fully saturated rings. The van der Waals surface area contributed by atoms with E-state index in [1.54, 1.807) is 0 Å². The molecule has 77 valence electrons. The van der Waals surface area contributed by atoms with Gasteiger partial charge in [-0.05, 0) is 36.2 Å². The smallest absolute Gasteiger partial charge is 0.126 e. The summed E-state index contributed by atoms with van der Waals surface area (Å²) in [6.07, 6.45) is 0. The topological polar surface area (TPSA) is 24.9 Å². The Bertz CT molecular complexity index is 449. The van der Waals surface area contributed by atoms with Crippen molar-refractivity contribution >= 4 is 16.7 Å². The first-order valence-electron chi connectivity index (χ1n) is 5.26. The Kier molecular flexibility index (Phi) is 2.86. The number of pyridine rings is 1. The fraction of sp³-hybridized carbons (Fsp3) is 0.308. The van der Waals surface area contributed by atoms with Crippen molar-refractivity contribution in [2.45, 2.75) is 13.8 Å². The lowest BCUT2D eigenvalue weighted by atomic mass is 10.2. The Labute approximate surface area is 90.3 Å². The summed E-state index contributed by atoms with van der Waals surface area (Å²) < 4.78 is 0. The minimum absolute atomic E-state index is 0.631. The third-order valence-electron chi connectivity index (χ3n) is 2.23. The molecule has 1 aromatic carbocycles. The predicted octanol–water partition coefficient (Wildman–Crippen LogP) is 3.10. The zero-order valence-electron chi connectivity index (χ0n) is 9.12. The second-order valence-corrected chi connectivity index (χ2v) is 4.09. The van der Waals surface area contributed by atoms with Crippen LogP contribution in [0.2, 0.25) is 0 Å². The molecule has 0 aliphatic heterocycles. The first kappa shape index (κ1) is 9.97. The van der Waals surface area contributed by atoms with Gasteiger partial charge in [-0.15, -0.1) is 0 Å². The van der Waals surface area contributed by atoms with Gasteiger partial charge in [0.25, 0.3) is 0 Å². The normalized spacial score (nSPS) is 10.9. The van der Waals surface area contributed by atoms with E-state index < -0.39 is 0 Å². The molecule has 0 bridgehead atoms. The number of fused-ring (bicyclic) bond motifs is 1. The zero-order valence-corrected chi connectivity index (χ0v) is 9.12. The van der Waals surface area contributed by atoms with Gasteiger partial charge in [-0.3, -0.25) is 0 Å². The average molecular weight is 199 g/mol. The van der Waals surface area contributed by atoms with Gasteiger partial charge in [0.15, 0.2) is 0 Å². The second kappa shape index (κ2) is 4.30. The Hall–Kier alpha value is -1.57. The van der Waals surface area contributed by atoms with Crippen LogP contribution in [0.25, 0.3) is 10.9 Å². The largest absolute Gasteiger partial charge is 0.370 e. The van der Waals surface area contributed by atoms with Gasteiger partial charge in [-0.25, -0.2) is 4.98 Å². The van der Waals surface area contributed by atoms with E-state index in [9.17, 15) is 0 Å². The van der Waals surface area contributed by atoms with Gasteiger partial charge in [0.05, 0.1) is 5.52 Å². The summed E-state index contributed by atoms with van der Waals surface area (Å²) in [5.41, 5.74) is 1.02. The summed E-state index contributed by atoms with van der Waals surface area (Å²) in [5, 5.41) is 4.45. The number of rotatable bonds is 3. The highest BCUT2D eigenvalue weighted by Gasteiger charge is 1.98. The van der Waals surface area contributed by atoms with E-state index >= 15 is 0 Å². The fourth-order valence-corrected chi connectivity index (χ4v) is 1.41. The van der Waals surface area contributed by atoms with Crippen molar-refractivity contribution in [2.75, 3.05) is 11.9 Å². The monoisotopic (exact) mass is 199 g/mol. The first-order chi connectivity index (χ1) is 7.25. The number of nitrogens with one attached hydrogen (secondary N) is 1. The first-order valence-corrected chi connectivity index (χ1v) is 5.26. The van der Waals surface area contributed by atoms with Gasteiger partial charge in [0.2, 0.25) is 0 Å². The van der Waals surface area contributed by atoms with Crippen molar-refractivity contribution in [1.29, 1.82) is 0 Å². The molecule has 0 amide bonds. The van der Waals surface area contributed by atoms with E-state index in [4.69, 9.17) is 0 Å². The lowest BCUT2D eigenvalue weighted by Crippen LogP contribution is -2.08. The highest BCUT2D eigenvalue weighted by atomic mass is 15.0. The van der Waals surface area contributed by atoms with Crippen molar-refractivity contribution in [1.82, 2.24) is 4.98 Å². The van der Waals surface area contributed by atoms with Gasteiger partial charge in [-0.1, -0.05) is 19.9 Å². The maximum Gasteiger partial charge on any atom is 0.126 e. The van der Waals surface area contributed by atoms with Crippen LogP contribution >= 0.6 is 0 Å². The Morgan fingerprint density at radius 2 is 2.20 bits per heavy atom. The van der Waals surface area contributed by atoms with Gasteiger partial charge < -0.3 is 5.32 Å². The van der Waals surface area contributed by atoms with E-state index in [0.717, 1.165) is 23.3 Å². The summed E-state index contributed by atoms with van der Waals surface area (Å²) in [4.78, 5) is 4.52. The van der Waals surface area contributed by atoms with Gasteiger partial charge in [0, 0.05) is 11.9 Å². The number of hydrogen-bond acceptors (Lipinski definition) is 2. The minimum Gasteiger partial charge on any atom is -0.370 e. The van der Waals surface area contributed by atoms with Crippen molar-refractivity contribution in [3.05, 3.63) is 36.4 Å². The number of hydrogen-bond donors (Lipinski definition) is 1. The molecule has 0 saturated carbocycles. The second-order valence-electron chi connectivity index (χ2n) is 4.09. The van der Waals surface area contributed by atoms with E-state index in [2.05, 4.69) is 36.3 Å². The molecule has 15 heavy (non-hydrogen) atoms. The quantitative estimate of drug-likeness (QED) is 0.821. The van der Waals surface area contributed by atoms with Crippen molar-refractivity contribution in [2.24, 2.45) is 5.92 Å². The highest BCUT2D eigenvalue weighted by Crippen LogP contribution is 2.14. The summed E-state index contributed by atoms with van der Waals surface area (Å²) in [6.45, 7) is 5.32. The maximum atomic E-state index is 4.52. The van der Waals surface area contributed by atoms with Crippen LogP contribution in [0.5, 0.6) is 0 Å². The number of benzene rings is 1. The molecule has 1 N–H and O–H groups in total. The van der Waals surface area contributed by atoms with Gasteiger partial charge in [0.1, 0.15) is 5.82 Å².